The Bertz CT molecular complexity index is 732. The van der Waals surface area contributed by atoms with Gasteiger partial charge >= 0.3 is 5.97 Å². The summed E-state index contributed by atoms with van der Waals surface area (Å²) in [5, 5.41) is 0. The molecule has 98 valence electrons. The van der Waals surface area contributed by atoms with Gasteiger partial charge in [0.25, 0.3) is 0 Å². The summed E-state index contributed by atoms with van der Waals surface area (Å²) in [6.45, 7) is 2.49. The van der Waals surface area contributed by atoms with Gasteiger partial charge in [0.2, 0.25) is 10.8 Å². The molecule has 1 aromatic carbocycles. The van der Waals surface area contributed by atoms with E-state index in [1.165, 1.54) is 11.5 Å². The summed E-state index contributed by atoms with van der Waals surface area (Å²) < 4.78 is 11.1. The third kappa shape index (κ3) is 2.08. The minimum atomic E-state index is -0.386. The Morgan fingerprint density at radius 3 is 3.11 bits per heavy atom. The Morgan fingerprint density at radius 2 is 2.26 bits per heavy atom. The van der Waals surface area contributed by atoms with Crippen LogP contribution in [0.5, 0.6) is 0 Å². The lowest BCUT2D eigenvalue weighted by molar-refractivity contribution is 0.0485. The zero-order valence-corrected chi connectivity index (χ0v) is 11.3. The Balaban J connectivity index is 2.01. The number of carbonyl (C=O) groups excluding carboxylic acids is 1. The van der Waals surface area contributed by atoms with Crippen molar-refractivity contribution in [3.05, 3.63) is 30.1 Å². The minimum Gasteiger partial charge on any atom is -0.460 e. The summed E-state index contributed by atoms with van der Waals surface area (Å²) in [5.41, 5.74) is 1.74. The van der Waals surface area contributed by atoms with Crippen LogP contribution >= 0.6 is 11.5 Å². The molecule has 0 unspecified atom stereocenters. The van der Waals surface area contributed by atoms with Gasteiger partial charge in [-0.3, -0.25) is 4.40 Å². The Labute approximate surface area is 114 Å². The zero-order valence-electron chi connectivity index (χ0n) is 10.5. The number of imidazole rings is 1. The van der Waals surface area contributed by atoms with Crippen LogP contribution in [0.1, 0.15) is 30.4 Å². The van der Waals surface area contributed by atoms with Crippen LogP contribution in [0.15, 0.2) is 24.3 Å². The normalized spacial score (nSPS) is 11.2. The van der Waals surface area contributed by atoms with Gasteiger partial charge in [-0.1, -0.05) is 25.5 Å². The molecule has 19 heavy (non-hydrogen) atoms. The fourth-order valence-electron chi connectivity index (χ4n) is 1.90. The topological polar surface area (TPSA) is 56.5 Å². The predicted molar refractivity (Wildman–Crippen MR) is 73.6 cm³/mol. The number of hydrogen-bond donors (Lipinski definition) is 0. The Kier molecular flexibility index (Phi) is 3.16. The summed E-state index contributed by atoms with van der Waals surface area (Å²) in [6.07, 6.45) is 1.86. The summed E-state index contributed by atoms with van der Waals surface area (Å²) in [4.78, 5) is 17.1. The van der Waals surface area contributed by atoms with Crippen molar-refractivity contribution in [1.29, 1.82) is 0 Å². The zero-order chi connectivity index (χ0) is 13.2. The van der Waals surface area contributed by atoms with Crippen molar-refractivity contribution < 1.29 is 9.53 Å². The van der Waals surface area contributed by atoms with Crippen LogP contribution in [0.2, 0.25) is 0 Å². The number of esters is 1. The molecule has 0 amide bonds. The van der Waals surface area contributed by atoms with E-state index in [9.17, 15) is 4.79 Å². The van der Waals surface area contributed by atoms with Gasteiger partial charge in [0, 0.05) is 11.5 Å². The molecule has 3 aromatic rings. The molecule has 2 aromatic heterocycles. The Hall–Kier alpha value is -1.95. The van der Waals surface area contributed by atoms with Crippen molar-refractivity contribution in [3.63, 3.8) is 0 Å². The fraction of sp³-hybridized carbons (Fsp3) is 0.308. The van der Waals surface area contributed by atoms with Crippen molar-refractivity contribution in [3.8, 4) is 0 Å². The summed E-state index contributed by atoms with van der Waals surface area (Å²) >= 11 is 1.21. The molecule has 0 spiro atoms. The molecule has 0 fully saturated rings. The van der Waals surface area contributed by atoms with E-state index in [1.807, 2.05) is 24.3 Å². The average molecular weight is 275 g/mol. The lowest BCUT2D eigenvalue weighted by Crippen LogP contribution is -2.10. The number of para-hydroxylation sites is 2. The van der Waals surface area contributed by atoms with Crippen LogP contribution in [0, 0.1) is 0 Å². The molecule has 0 saturated heterocycles. The quantitative estimate of drug-likeness (QED) is 0.542. The number of nitrogens with zero attached hydrogens (tertiary/aromatic N) is 3. The first-order valence-corrected chi connectivity index (χ1v) is 6.98. The number of unbranched alkanes of at least 4 members (excludes halogenated alkanes) is 1. The van der Waals surface area contributed by atoms with E-state index in [-0.39, 0.29) is 5.97 Å². The van der Waals surface area contributed by atoms with E-state index < -0.39 is 0 Å². The minimum absolute atomic E-state index is 0.310. The highest BCUT2D eigenvalue weighted by Crippen LogP contribution is 2.21. The lowest BCUT2D eigenvalue weighted by Gasteiger charge is -2.01. The number of benzene rings is 1. The molecule has 0 aliphatic rings. The summed E-state index contributed by atoms with van der Waals surface area (Å²) in [7, 11) is 0. The van der Waals surface area contributed by atoms with Crippen molar-refractivity contribution in [2.45, 2.75) is 19.8 Å². The highest BCUT2D eigenvalue weighted by atomic mass is 32.1. The third-order valence-electron chi connectivity index (χ3n) is 2.87. The van der Waals surface area contributed by atoms with E-state index in [0.29, 0.717) is 17.4 Å². The first kappa shape index (κ1) is 12.1. The van der Waals surface area contributed by atoms with Crippen molar-refractivity contribution in [2.75, 3.05) is 6.61 Å². The molecule has 0 aliphatic carbocycles. The molecule has 2 heterocycles. The van der Waals surface area contributed by atoms with Crippen LogP contribution in [0.4, 0.5) is 0 Å². The van der Waals surface area contributed by atoms with E-state index in [2.05, 4.69) is 16.3 Å². The monoisotopic (exact) mass is 275 g/mol. The number of ether oxygens (including phenoxy) is 1. The molecular formula is C13H13N3O2S. The van der Waals surface area contributed by atoms with E-state index in [0.717, 1.165) is 23.9 Å². The van der Waals surface area contributed by atoms with E-state index in [4.69, 9.17) is 4.74 Å². The van der Waals surface area contributed by atoms with Crippen LogP contribution in [-0.4, -0.2) is 26.3 Å². The second-order valence-electron chi connectivity index (χ2n) is 4.21. The number of aromatic nitrogens is 3. The SMILES string of the molecule is CCCCOC(=O)c1nsc2nc3ccccc3n12. The van der Waals surface area contributed by atoms with Crippen molar-refractivity contribution in [1.82, 2.24) is 13.8 Å². The maximum atomic E-state index is 12.0. The van der Waals surface area contributed by atoms with Crippen molar-refractivity contribution >= 4 is 33.5 Å². The molecule has 0 saturated carbocycles. The van der Waals surface area contributed by atoms with Gasteiger partial charge in [-0.15, -0.1) is 0 Å². The van der Waals surface area contributed by atoms with Crippen LogP contribution in [0.3, 0.4) is 0 Å². The van der Waals surface area contributed by atoms with Gasteiger partial charge in [0.15, 0.2) is 0 Å². The van der Waals surface area contributed by atoms with Gasteiger partial charge < -0.3 is 4.74 Å². The Morgan fingerprint density at radius 1 is 1.42 bits per heavy atom. The van der Waals surface area contributed by atoms with Crippen LogP contribution in [0.25, 0.3) is 16.0 Å². The van der Waals surface area contributed by atoms with Gasteiger partial charge in [-0.2, -0.15) is 4.37 Å². The molecule has 3 rings (SSSR count). The first-order chi connectivity index (χ1) is 9.31. The standard InChI is InChI=1S/C13H13N3O2S/c1-2-3-8-18-12(17)11-15-19-13-14-9-6-4-5-7-10(9)16(11)13/h4-7H,2-3,8H2,1H3. The van der Waals surface area contributed by atoms with Gasteiger partial charge in [0.05, 0.1) is 17.6 Å². The van der Waals surface area contributed by atoms with Gasteiger partial charge in [0.1, 0.15) is 0 Å². The third-order valence-corrected chi connectivity index (χ3v) is 3.57. The summed E-state index contributed by atoms with van der Waals surface area (Å²) in [6, 6.07) is 7.68. The second kappa shape index (κ2) is 4.97. The van der Waals surface area contributed by atoms with Crippen LogP contribution in [-0.2, 0) is 4.74 Å². The van der Waals surface area contributed by atoms with E-state index in [1.54, 1.807) is 4.40 Å². The number of fused-ring (bicyclic) bond motifs is 3. The summed E-state index contributed by atoms with van der Waals surface area (Å²) in [5.74, 6) is -0.0762. The number of rotatable bonds is 4. The second-order valence-corrected chi connectivity index (χ2v) is 4.94. The molecular weight excluding hydrogens is 262 g/mol. The molecule has 0 atom stereocenters. The largest absolute Gasteiger partial charge is 0.460 e. The maximum absolute atomic E-state index is 12.0. The molecule has 0 aliphatic heterocycles. The highest BCUT2D eigenvalue weighted by molar-refractivity contribution is 7.11. The molecule has 0 bridgehead atoms. The first-order valence-electron chi connectivity index (χ1n) is 6.21. The smallest absolute Gasteiger partial charge is 0.376 e. The van der Waals surface area contributed by atoms with Gasteiger partial charge in [-0.25, -0.2) is 9.78 Å². The van der Waals surface area contributed by atoms with Crippen molar-refractivity contribution in [2.24, 2.45) is 0 Å². The number of carbonyl (C=O) groups is 1. The fourth-order valence-corrected chi connectivity index (χ4v) is 2.63. The molecule has 0 N–H and O–H groups in total. The predicted octanol–water partition coefficient (Wildman–Crippen LogP) is 2.90. The number of hydrogen-bond acceptors (Lipinski definition) is 5. The lowest BCUT2D eigenvalue weighted by atomic mass is 10.3. The molecule has 6 heteroatoms. The van der Waals surface area contributed by atoms with Crippen LogP contribution < -0.4 is 0 Å². The maximum Gasteiger partial charge on any atom is 0.376 e. The van der Waals surface area contributed by atoms with E-state index >= 15 is 0 Å². The molecule has 0 radical (unpaired) electrons. The molecule has 5 nitrogen and oxygen atoms in total. The highest BCUT2D eigenvalue weighted by Gasteiger charge is 2.19. The average Bonchev–Trinajstić information content (AvgIpc) is 2.97. The van der Waals surface area contributed by atoms with Gasteiger partial charge in [-0.05, 0) is 18.6 Å².